The zero-order chi connectivity index (χ0) is 23.1. The third kappa shape index (κ3) is 5.00. The number of piperidine rings is 1. The fraction of sp³-hybridized carbons (Fsp3) is 0.708. The Bertz CT molecular complexity index is 855. The van der Waals surface area contributed by atoms with Gasteiger partial charge in [-0.1, -0.05) is 12.1 Å². The van der Waals surface area contributed by atoms with Gasteiger partial charge in [0.05, 0.1) is 5.56 Å². The summed E-state index contributed by atoms with van der Waals surface area (Å²) in [5.41, 5.74) is 4.35. The number of nitrogens with zero attached hydrogens (tertiary/aromatic N) is 3. The van der Waals surface area contributed by atoms with Gasteiger partial charge in [-0.05, 0) is 93.1 Å². The van der Waals surface area contributed by atoms with Crippen molar-refractivity contribution in [1.29, 1.82) is 0 Å². The molecule has 1 spiro atoms. The van der Waals surface area contributed by atoms with Crippen molar-refractivity contribution in [2.24, 2.45) is 16.4 Å². The second kappa shape index (κ2) is 9.30. The molecule has 3 fully saturated rings. The highest BCUT2D eigenvalue weighted by Gasteiger charge is 2.57. The normalized spacial score (nSPS) is 30.7. The lowest BCUT2D eigenvalue weighted by Crippen LogP contribution is -2.41. The number of alkyl halides is 3. The number of amidine groups is 1. The lowest BCUT2D eigenvalue weighted by molar-refractivity contribution is -0.137. The highest BCUT2D eigenvalue weighted by Crippen LogP contribution is 2.64. The molecule has 4 aliphatic rings. The van der Waals surface area contributed by atoms with Crippen LogP contribution in [-0.4, -0.2) is 66.7 Å². The Kier molecular flexibility index (Phi) is 6.57. The number of hydrogen-bond donors (Lipinski definition) is 2. The van der Waals surface area contributed by atoms with Gasteiger partial charge in [-0.2, -0.15) is 18.3 Å². The summed E-state index contributed by atoms with van der Waals surface area (Å²) in [6, 6.07) is 5.85. The van der Waals surface area contributed by atoms with Gasteiger partial charge in [-0.25, -0.2) is 0 Å². The third-order valence-corrected chi connectivity index (χ3v) is 9.16. The highest BCUT2D eigenvalue weighted by molar-refractivity contribution is 7.99. The topological polar surface area (TPSA) is 42.9 Å². The fourth-order valence-corrected chi connectivity index (χ4v) is 6.83. The number of hydrogen-bond acceptors (Lipinski definition) is 6. The van der Waals surface area contributed by atoms with Crippen molar-refractivity contribution < 1.29 is 13.2 Å². The quantitative estimate of drug-likeness (QED) is 0.573. The molecule has 0 radical (unpaired) electrons. The lowest BCUT2D eigenvalue weighted by atomic mass is 9.96. The van der Waals surface area contributed by atoms with Crippen LogP contribution in [0.3, 0.4) is 0 Å². The minimum Gasteiger partial charge on any atom is -0.331 e. The lowest BCUT2D eigenvalue weighted by Gasteiger charge is -2.29. The van der Waals surface area contributed by atoms with Crippen LogP contribution in [0.4, 0.5) is 13.2 Å². The average Bonchev–Trinajstić information content (AvgIpc) is 3.15. The monoisotopic (exact) mass is 481 g/mol. The molecule has 33 heavy (non-hydrogen) atoms. The van der Waals surface area contributed by atoms with Gasteiger partial charge >= 0.3 is 6.18 Å². The molecule has 3 atom stereocenters. The van der Waals surface area contributed by atoms with Gasteiger partial charge < -0.3 is 15.1 Å². The van der Waals surface area contributed by atoms with Gasteiger partial charge in [0.25, 0.3) is 0 Å². The summed E-state index contributed by atoms with van der Waals surface area (Å²) < 4.78 is 38.5. The van der Waals surface area contributed by atoms with Crippen LogP contribution in [0.1, 0.15) is 49.1 Å². The smallest absolute Gasteiger partial charge is 0.331 e. The summed E-state index contributed by atoms with van der Waals surface area (Å²) in [5, 5.41) is 8.05. The van der Waals surface area contributed by atoms with Gasteiger partial charge in [-0.15, -0.1) is 11.8 Å². The van der Waals surface area contributed by atoms with Crippen molar-refractivity contribution in [2.75, 3.05) is 45.5 Å². The summed E-state index contributed by atoms with van der Waals surface area (Å²) in [6.45, 7) is 5.42. The van der Waals surface area contributed by atoms with E-state index in [-0.39, 0.29) is 10.9 Å². The van der Waals surface area contributed by atoms with Crippen molar-refractivity contribution in [3.05, 3.63) is 35.4 Å². The van der Waals surface area contributed by atoms with E-state index in [9.17, 15) is 13.2 Å². The van der Waals surface area contributed by atoms with Crippen LogP contribution in [0.25, 0.3) is 0 Å². The molecule has 0 bridgehead atoms. The predicted molar refractivity (Wildman–Crippen MR) is 127 cm³/mol. The Morgan fingerprint density at radius 3 is 2.67 bits per heavy atom. The SMILES string of the molecule is CN1C(C2CCNCC2)=NNC1SCCCN1CCC2(CC2c2ccc(C(F)(F)F)cc2)C1. The van der Waals surface area contributed by atoms with E-state index in [2.05, 4.69) is 32.7 Å². The zero-order valence-corrected chi connectivity index (χ0v) is 20.0. The van der Waals surface area contributed by atoms with Gasteiger partial charge in [0.15, 0.2) is 5.50 Å². The van der Waals surface area contributed by atoms with Crippen LogP contribution in [0, 0.1) is 11.3 Å². The first-order valence-electron chi connectivity index (χ1n) is 12.1. The number of hydrazone groups is 1. The fourth-order valence-electron chi connectivity index (χ4n) is 5.85. The first-order valence-corrected chi connectivity index (χ1v) is 13.2. The Labute approximate surface area is 198 Å². The summed E-state index contributed by atoms with van der Waals surface area (Å²) in [7, 11) is 2.15. The van der Waals surface area contributed by atoms with E-state index in [4.69, 9.17) is 0 Å². The Hall–Kier alpha value is -1.45. The van der Waals surface area contributed by atoms with Crippen LogP contribution in [0.2, 0.25) is 0 Å². The zero-order valence-electron chi connectivity index (χ0n) is 19.2. The molecular formula is C24H34F3N5S. The molecule has 1 aliphatic carbocycles. The van der Waals surface area contributed by atoms with E-state index in [0.717, 1.165) is 76.1 Å². The molecule has 9 heteroatoms. The van der Waals surface area contributed by atoms with Crippen molar-refractivity contribution in [3.63, 3.8) is 0 Å². The summed E-state index contributed by atoms with van der Waals surface area (Å²) in [6.07, 6.45) is 1.47. The highest BCUT2D eigenvalue weighted by atomic mass is 32.2. The number of benzene rings is 1. The van der Waals surface area contributed by atoms with Crippen LogP contribution in [0.5, 0.6) is 0 Å². The number of likely N-dealkylation sites (tertiary alicyclic amines) is 1. The molecule has 1 aromatic rings. The molecule has 5 rings (SSSR count). The molecule has 0 amide bonds. The Morgan fingerprint density at radius 1 is 1.18 bits per heavy atom. The van der Waals surface area contributed by atoms with Gasteiger partial charge in [-0.3, -0.25) is 5.43 Å². The van der Waals surface area contributed by atoms with E-state index in [1.807, 2.05) is 11.8 Å². The molecule has 1 aromatic carbocycles. The molecule has 182 valence electrons. The first kappa shape index (κ1) is 23.3. The summed E-state index contributed by atoms with van der Waals surface area (Å²) in [5.74, 6) is 3.27. The van der Waals surface area contributed by atoms with Crippen LogP contribution in [0.15, 0.2) is 29.4 Å². The molecule has 1 saturated carbocycles. The first-order chi connectivity index (χ1) is 15.9. The molecule has 3 aliphatic heterocycles. The molecule has 3 heterocycles. The van der Waals surface area contributed by atoms with Crippen LogP contribution in [-0.2, 0) is 6.18 Å². The van der Waals surface area contributed by atoms with Crippen LogP contribution < -0.4 is 10.7 Å². The largest absolute Gasteiger partial charge is 0.416 e. The van der Waals surface area contributed by atoms with Crippen molar-refractivity contribution in [2.45, 2.75) is 49.7 Å². The van der Waals surface area contributed by atoms with E-state index < -0.39 is 11.7 Å². The minimum absolute atomic E-state index is 0.229. The maximum atomic E-state index is 12.8. The molecule has 3 unspecified atom stereocenters. The number of halogens is 3. The number of nitrogens with one attached hydrogen (secondary N) is 2. The van der Waals surface area contributed by atoms with Crippen LogP contribution >= 0.6 is 11.8 Å². The maximum absolute atomic E-state index is 12.8. The molecule has 5 nitrogen and oxygen atoms in total. The maximum Gasteiger partial charge on any atom is 0.416 e. The average molecular weight is 482 g/mol. The van der Waals surface area contributed by atoms with E-state index in [1.165, 1.54) is 18.0 Å². The Balaban J connectivity index is 1.02. The molecule has 2 N–H and O–H groups in total. The second-order valence-electron chi connectivity index (χ2n) is 10.1. The van der Waals surface area contributed by atoms with Gasteiger partial charge in [0.1, 0.15) is 5.84 Å². The molecule has 0 aromatic heterocycles. The molecule has 2 saturated heterocycles. The van der Waals surface area contributed by atoms with Gasteiger partial charge in [0, 0.05) is 19.5 Å². The minimum atomic E-state index is -4.26. The second-order valence-corrected chi connectivity index (χ2v) is 11.3. The predicted octanol–water partition coefficient (Wildman–Crippen LogP) is 4.14. The third-order valence-electron chi connectivity index (χ3n) is 7.90. The summed E-state index contributed by atoms with van der Waals surface area (Å²) in [4.78, 5) is 4.86. The number of thioether (sulfide) groups is 1. The standard InChI is InChI=1S/C24H34F3N5S/c1-31-21(18-7-10-28-11-8-18)29-30-22(31)33-14-2-12-32-13-9-23(16-32)15-20(23)17-3-5-19(6-4-17)24(25,26)27/h3-6,18,20,22,28,30H,2,7-16H2,1H3. The van der Waals surface area contributed by atoms with E-state index in [0.29, 0.717) is 11.8 Å². The van der Waals surface area contributed by atoms with Crippen molar-refractivity contribution >= 4 is 17.6 Å². The summed E-state index contributed by atoms with van der Waals surface area (Å²) >= 11 is 1.93. The van der Waals surface area contributed by atoms with E-state index >= 15 is 0 Å². The Morgan fingerprint density at radius 2 is 1.94 bits per heavy atom. The van der Waals surface area contributed by atoms with Crippen molar-refractivity contribution in [1.82, 2.24) is 20.5 Å². The van der Waals surface area contributed by atoms with Gasteiger partial charge in [0.2, 0.25) is 0 Å². The van der Waals surface area contributed by atoms with Crippen molar-refractivity contribution in [3.8, 4) is 0 Å². The number of rotatable bonds is 7. The molecular weight excluding hydrogens is 447 g/mol. The van der Waals surface area contributed by atoms with E-state index in [1.54, 1.807) is 12.1 Å².